The molecule has 1 N–H and O–H groups in total. The number of nitrogens with zero attached hydrogens (tertiary/aromatic N) is 1. The van der Waals surface area contributed by atoms with Crippen LogP contribution in [0.2, 0.25) is 0 Å². The van der Waals surface area contributed by atoms with Crippen LogP contribution in [0.1, 0.15) is 24.0 Å². The summed E-state index contributed by atoms with van der Waals surface area (Å²) < 4.78 is 10.9. The van der Waals surface area contributed by atoms with Crippen molar-refractivity contribution in [3.8, 4) is 5.75 Å². The first kappa shape index (κ1) is 16.9. The third kappa shape index (κ3) is 3.99. The Hall–Kier alpha value is -2.53. The molecule has 1 unspecified atom stereocenters. The summed E-state index contributed by atoms with van der Waals surface area (Å²) in [5.74, 6) is 0.593. The lowest BCUT2D eigenvalue weighted by molar-refractivity contribution is 0.108. The van der Waals surface area contributed by atoms with Gasteiger partial charge < -0.3 is 19.7 Å². The second-order valence-corrected chi connectivity index (χ2v) is 6.85. The van der Waals surface area contributed by atoms with E-state index in [1.165, 1.54) is 16.8 Å². The molecule has 5 heteroatoms. The molecule has 0 radical (unpaired) electrons. The Morgan fingerprint density at radius 3 is 2.92 bits per heavy atom. The van der Waals surface area contributed by atoms with Gasteiger partial charge in [-0.25, -0.2) is 4.79 Å². The van der Waals surface area contributed by atoms with E-state index < -0.39 is 6.09 Å². The Labute approximate surface area is 153 Å². The molecule has 2 aromatic carbocycles. The van der Waals surface area contributed by atoms with Gasteiger partial charge in [0.2, 0.25) is 0 Å². The van der Waals surface area contributed by atoms with Gasteiger partial charge in [-0.3, -0.25) is 0 Å². The van der Waals surface area contributed by atoms with Gasteiger partial charge in [0.05, 0.1) is 6.10 Å². The molecule has 1 amide bonds. The van der Waals surface area contributed by atoms with Crippen LogP contribution in [0.4, 0.5) is 10.5 Å². The first-order valence-electron chi connectivity index (χ1n) is 9.27. The van der Waals surface area contributed by atoms with Gasteiger partial charge in [-0.1, -0.05) is 30.3 Å². The maximum atomic E-state index is 12.0. The molecule has 0 spiro atoms. The third-order valence-corrected chi connectivity index (χ3v) is 4.97. The highest BCUT2D eigenvalue weighted by Crippen LogP contribution is 2.32. The summed E-state index contributed by atoms with van der Waals surface area (Å²) in [6.45, 7) is 3.18. The van der Waals surface area contributed by atoms with Crippen LogP contribution in [0.3, 0.4) is 0 Å². The van der Waals surface area contributed by atoms with Crippen molar-refractivity contribution in [2.24, 2.45) is 0 Å². The number of rotatable bonds is 5. The van der Waals surface area contributed by atoms with Crippen molar-refractivity contribution in [3.05, 3.63) is 59.7 Å². The molecule has 0 bridgehead atoms. The van der Waals surface area contributed by atoms with E-state index in [-0.39, 0.29) is 6.10 Å². The minimum absolute atomic E-state index is 0.120. The van der Waals surface area contributed by atoms with Crippen LogP contribution in [0.25, 0.3) is 0 Å². The normalized spacial score (nSPS) is 18.6. The molecular weight excluding hydrogens is 328 g/mol. The number of anilines is 1. The van der Waals surface area contributed by atoms with E-state index in [0.717, 1.165) is 39.0 Å². The highest BCUT2D eigenvalue weighted by atomic mass is 16.6. The Morgan fingerprint density at radius 2 is 2.12 bits per heavy atom. The van der Waals surface area contributed by atoms with E-state index >= 15 is 0 Å². The minimum atomic E-state index is -0.417. The van der Waals surface area contributed by atoms with Gasteiger partial charge in [0.25, 0.3) is 0 Å². The summed E-state index contributed by atoms with van der Waals surface area (Å²) in [5.41, 5.74) is 3.75. The molecule has 1 fully saturated rings. The molecule has 0 aliphatic carbocycles. The number of hydrogen-bond donors (Lipinski definition) is 1. The molecule has 4 rings (SSSR count). The van der Waals surface area contributed by atoms with Gasteiger partial charge in [-0.15, -0.1) is 0 Å². The average Bonchev–Trinajstić information content (AvgIpc) is 3.31. The van der Waals surface area contributed by atoms with Gasteiger partial charge in [0.15, 0.2) is 0 Å². The van der Waals surface area contributed by atoms with E-state index in [4.69, 9.17) is 9.47 Å². The Bertz CT molecular complexity index is 757. The fourth-order valence-corrected chi connectivity index (χ4v) is 3.62. The minimum Gasteiger partial charge on any atom is -0.410 e. The number of benzene rings is 2. The second-order valence-electron chi connectivity index (χ2n) is 6.85. The molecule has 0 aromatic heterocycles. The molecule has 5 nitrogen and oxygen atoms in total. The smallest absolute Gasteiger partial charge is 0.410 e. The molecule has 1 saturated heterocycles. The molecule has 136 valence electrons. The fourth-order valence-electron chi connectivity index (χ4n) is 3.62. The van der Waals surface area contributed by atoms with Gasteiger partial charge >= 0.3 is 6.09 Å². The summed E-state index contributed by atoms with van der Waals surface area (Å²) in [7, 11) is 0. The first-order valence-corrected chi connectivity index (χ1v) is 9.27. The maximum absolute atomic E-state index is 12.0. The van der Waals surface area contributed by atoms with Gasteiger partial charge in [0.1, 0.15) is 5.75 Å². The number of carbonyl (C=O) groups excluding carboxylic acids is 1. The van der Waals surface area contributed by atoms with Crippen molar-refractivity contribution in [3.63, 3.8) is 0 Å². The van der Waals surface area contributed by atoms with Crippen molar-refractivity contribution in [1.29, 1.82) is 0 Å². The Balaban J connectivity index is 1.34. The molecule has 0 saturated carbocycles. The summed E-state index contributed by atoms with van der Waals surface area (Å²) in [4.78, 5) is 14.3. The lowest BCUT2D eigenvalue weighted by atomic mass is 10.1. The molecule has 2 heterocycles. The number of carbonyl (C=O) groups is 1. The second kappa shape index (κ2) is 7.79. The highest BCUT2D eigenvalue weighted by molar-refractivity contribution is 5.71. The summed E-state index contributed by atoms with van der Waals surface area (Å²) >= 11 is 0. The standard InChI is InChI=1S/C21H24N2O3/c24-21(22-14-19-7-4-12-25-19)26-18-8-9-20-17(13-18)10-11-23(20)15-16-5-2-1-3-6-16/h1-3,5-6,8-9,13,19H,4,7,10-12,14-15H2,(H,22,24). The predicted octanol–water partition coefficient (Wildman–Crippen LogP) is 3.52. The van der Waals surface area contributed by atoms with E-state index in [1.807, 2.05) is 24.3 Å². The highest BCUT2D eigenvalue weighted by Gasteiger charge is 2.21. The van der Waals surface area contributed by atoms with Gasteiger partial charge in [-0.05, 0) is 48.6 Å². The predicted molar refractivity (Wildman–Crippen MR) is 101 cm³/mol. The Kier molecular flexibility index (Phi) is 5.07. The van der Waals surface area contributed by atoms with E-state index in [2.05, 4.69) is 34.5 Å². The van der Waals surface area contributed by atoms with Crippen LogP contribution < -0.4 is 15.0 Å². The van der Waals surface area contributed by atoms with Crippen LogP contribution in [-0.2, 0) is 17.7 Å². The first-order chi connectivity index (χ1) is 12.8. The van der Waals surface area contributed by atoms with Crippen molar-refractivity contribution in [2.75, 3.05) is 24.6 Å². The third-order valence-electron chi connectivity index (χ3n) is 4.97. The topological polar surface area (TPSA) is 50.8 Å². The zero-order valence-corrected chi connectivity index (χ0v) is 14.8. The van der Waals surface area contributed by atoms with Crippen LogP contribution >= 0.6 is 0 Å². The number of hydrogen-bond acceptors (Lipinski definition) is 4. The SMILES string of the molecule is O=C(NCC1CCCO1)Oc1ccc2c(c1)CCN2Cc1ccccc1. The lowest BCUT2D eigenvalue weighted by Gasteiger charge is -2.19. The largest absolute Gasteiger partial charge is 0.412 e. The lowest BCUT2D eigenvalue weighted by Crippen LogP contribution is -2.33. The summed E-state index contributed by atoms with van der Waals surface area (Å²) in [6, 6.07) is 16.4. The molecule has 2 aliphatic heterocycles. The van der Waals surface area contributed by atoms with Crippen LogP contribution in [0.5, 0.6) is 5.75 Å². The molecule has 26 heavy (non-hydrogen) atoms. The van der Waals surface area contributed by atoms with E-state index in [0.29, 0.717) is 12.3 Å². The van der Waals surface area contributed by atoms with Gasteiger partial charge in [-0.2, -0.15) is 0 Å². The number of amides is 1. The fraction of sp³-hybridized carbons (Fsp3) is 0.381. The number of fused-ring (bicyclic) bond motifs is 1. The zero-order valence-electron chi connectivity index (χ0n) is 14.8. The monoisotopic (exact) mass is 352 g/mol. The summed E-state index contributed by atoms with van der Waals surface area (Å²) in [6.07, 6.45) is 2.73. The van der Waals surface area contributed by atoms with Crippen molar-refractivity contribution in [2.45, 2.75) is 31.9 Å². The average molecular weight is 352 g/mol. The maximum Gasteiger partial charge on any atom is 0.412 e. The van der Waals surface area contributed by atoms with Crippen molar-refractivity contribution < 1.29 is 14.3 Å². The zero-order chi connectivity index (χ0) is 17.8. The molecule has 1 atom stereocenters. The Morgan fingerprint density at radius 1 is 1.23 bits per heavy atom. The van der Waals surface area contributed by atoms with Crippen LogP contribution in [0, 0.1) is 0 Å². The van der Waals surface area contributed by atoms with Crippen LogP contribution in [-0.4, -0.2) is 31.9 Å². The molecule has 2 aromatic rings. The number of nitrogens with one attached hydrogen (secondary N) is 1. The summed E-state index contributed by atoms with van der Waals surface area (Å²) in [5, 5.41) is 2.79. The van der Waals surface area contributed by atoms with E-state index in [1.54, 1.807) is 0 Å². The van der Waals surface area contributed by atoms with E-state index in [9.17, 15) is 4.79 Å². The number of ether oxygens (including phenoxy) is 2. The molecular formula is C21H24N2O3. The quantitative estimate of drug-likeness (QED) is 0.895. The van der Waals surface area contributed by atoms with Crippen molar-refractivity contribution >= 4 is 11.8 Å². The van der Waals surface area contributed by atoms with Crippen LogP contribution in [0.15, 0.2) is 48.5 Å². The van der Waals surface area contributed by atoms with Crippen molar-refractivity contribution in [1.82, 2.24) is 5.32 Å². The molecule has 2 aliphatic rings. The van der Waals surface area contributed by atoms with Gasteiger partial charge in [0, 0.05) is 31.9 Å².